The molecule has 0 aliphatic carbocycles. The topological polar surface area (TPSA) is 38.0 Å². The standard InChI is InChI=1S/C3H10N2.2ClH.Pt/c1-5-3-2-4;;;/h5H,2-4H2,1H3;2*1H;/q;;;+2/p-2. The van der Waals surface area contributed by atoms with Crippen molar-refractivity contribution in [2.24, 2.45) is 5.73 Å². The Labute approximate surface area is 77.1 Å². The average molecular weight is 340 g/mol. The number of hydrogen-bond donors (Lipinski definition) is 2. The van der Waals surface area contributed by atoms with E-state index in [1.807, 2.05) is 7.05 Å². The van der Waals surface area contributed by atoms with Crippen LogP contribution in [0, 0.1) is 0 Å². The maximum atomic E-state index is 5.08. The van der Waals surface area contributed by atoms with Crippen LogP contribution in [0.2, 0.25) is 0 Å². The number of likely N-dealkylation sites (N-methyl/N-ethyl adjacent to an activating group) is 1. The third kappa shape index (κ3) is 27.1. The van der Waals surface area contributed by atoms with Crippen LogP contribution in [-0.2, 0) is 21.1 Å². The molecule has 0 amide bonds. The number of rotatable bonds is 2. The molecule has 0 aromatic rings. The van der Waals surface area contributed by atoms with E-state index in [1.165, 1.54) is 0 Å². The van der Waals surface area contributed by atoms with Gasteiger partial charge < -0.3 is 35.9 Å². The summed E-state index contributed by atoms with van der Waals surface area (Å²) in [6.07, 6.45) is 0. The van der Waals surface area contributed by atoms with Crippen molar-refractivity contribution in [2.75, 3.05) is 20.1 Å². The molecule has 0 rings (SSSR count). The molecule has 3 N–H and O–H groups in total. The second-order valence-electron chi connectivity index (χ2n) is 0.892. The Kier molecular flexibility index (Phi) is 69.0. The summed E-state index contributed by atoms with van der Waals surface area (Å²) < 4.78 is 0. The molecule has 0 radical (unpaired) electrons. The molecule has 8 heavy (non-hydrogen) atoms. The van der Waals surface area contributed by atoms with Crippen LogP contribution in [0.1, 0.15) is 0 Å². The predicted octanol–water partition coefficient (Wildman–Crippen LogP) is -6.83. The summed E-state index contributed by atoms with van der Waals surface area (Å²) >= 11 is 0. The van der Waals surface area contributed by atoms with Gasteiger partial charge in [0, 0.05) is 13.1 Å². The van der Waals surface area contributed by atoms with Crippen molar-refractivity contribution in [1.29, 1.82) is 0 Å². The molecular formula is C3H10Cl2N2Pt. The van der Waals surface area contributed by atoms with Crippen LogP contribution in [-0.4, -0.2) is 20.1 Å². The molecule has 0 unspecified atom stereocenters. The van der Waals surface area contributed by atoms with Gasteiger partial charge in [0.05, 0.1) is 0 Å². The van der Waals surface area contributed by atoms with Crippen molar-refractivity contribution in [3.05, 3.63) is 0 Å². The van der Waals surface area contributed by atoms with E-state index in [1.54, 1.807) is 0 Å². The number of halogens is 2. The molecule has 0 aliphatic heterocycles. The van der Waals surface area contributed by atoms with Crippen molar-refractivity contribution in [3.8, 4) is 0 Å². The smallest absolute Gasteiger partial charge is 1.00 e. The normalized spacial score (nSPS) is 5.25. The zero-order valence-corrected chi connectivity index (χ0v) is 8.35. The van der Waals surface area contributed by atoms with Crippen LogP contribution >= 0.6 is 0 Å². The van der Waals surface area contributed by atoms with Crippen molar-refractivity contribution < 1.29 is 45.9 Å². The molecule has 56 valence electrons. The van der Waals surface area contributed by atoms with Gasteiger partial charge in [0.1, 0.15) is 0 Å². The molecule has 0 bridgehead atoms. The van der Waals surface area contributed by atoms with Gasteiger partial charge in [-0.25, -0.2) is 0 Å². The van der Waals surface area contributed by atoms with Gasteiger partial charge in [0.25, 0.3) is 0 Å². The van der Waals surface area contributed by atoms with E-state index in [0.717, 1.165) is 13.1 Å². The van der Waals surface area contributed by atoms with Gasteiger partial charge in [-0.1, -0.05) is 0 Å². The fourth-order valence-corrected chi connectivity index (χ4v) is 0.144. The van der Waals surface area contributed by atoms with Crippen molar-refractivity contribution in [2.45, 2.75) is 0 Å². The number of hydrogen-bond acceptors (Lipinski definition) is 2. The molecular weight excluding hydrogens is 330 g/mol. The molecule has 2 nitrogen and oxygen atoms in total. The first-order chi connectivity index (χ1) is 2.41. The molecule has 0 saturated carbocycles. The Morgan fingerprint density at radius 1 is 1.38 bits per heavy atom. The third-order valence-electron chi connectivity index (χ3n) is 0.394. The Bertz CT molecular complexity index is 22.8. The van der Waals surface area contributed by atoms with E-state index in [2.05, 4.69) is 5.32 Å². The Morgan fingerprint density at radius 3 is 1.75 bits per heavy atom. The van der Waals surface area contributed by atoms with Crippen LogP contribution in [0.3, 0.4) is 0 Å². The molecule has 0 atom stereocenters. The molecule has 0 saturated heterocycles. The summed E-state index contributed by atoms with van der Waals surface area (Å²) in [4.78, 5) is 0. The fourth-order valence-electron chi connectivity index (χ4n) is 0.144. The third-order valence-corrected chi connectivity index (χ3v) is 0.394. The first-order valence-corrected chi connectivity index (χ1v) is 1.76. The summed E-state index contributed by atoms with van der Waals surface area (Å²) in [6.45, 7) is 1.65. The van der Waals surface area contributed by atoms with Gasteiger partial charge >= 0.3 is 21.1 Å². The second kappa shape index (κ2) is 24.1. The van der Waals surface area contributed by atoms with Crippen LogP contribution in [0.25, 0.3) is 0 Å². The maximum absolute atomic E-state index is 5.08. The van der Waals surface area contributed by atoms with Gasteiger partial charge in [-0.15, -0.1) is 0 Å². The molecule has 0 aromatic heterocycles. The fraction of sp³-hybridized carbons (Fsp3) is 1.00. The minimum Gasteiger partial charge on any atom is -1.00 e. The quantitative estimate of drug-likeness (QED) is 0.525. The van der Waals surface area contributed by atoms with Gasteiger partial charge in [-0.05, 0) is 7.05 Å². The molecule has 5 heteroatoms. The van der Waals surface area contributed by atoms with Gasteiger partial charge in [0.2, 0.25) is 0 Å². The summed E-state index contributed by atoms with van der Waals surface area (Å²) in [5.74, 6) is 0. The second-order valence-corrected chi connectivity index (χ2v) is 0.892. The van der Waals surface area contributed by atoms with Crippen LogP contribution in [0.4, 0.5) is 0 Å². The first-order valence-electron chi connectivity index (χ1n) is 1.76. The Morgan fingerprint density at radius 2 is 1.75 bits per heavy atom. The molecule has 0 aliphatic rings. The molecule has 0 heterocycles. The van der Waals surface area contributed by atoms with Gasteiger partial charge in [0.15, 0.2) is 0 Å². The van der Waals surface area contributed by atoms with Crippen LogP contribution in [0.15, 0.2) is 0 Å². The summed E-state index contributed by atoms with van der Waals surface area (Å²) in [5.41, 5.74) is 5.08. The van der Waals surface area contributed by atoms with E-state index >= 15 is 0 Å². The van der Waals surface area contributed by atoms with Gasteiger partial charge in [-0.3, -0.25) is 0 Å². The molecule has 0 aromatic carbocycles. The van der Waals surface area contributed by atoms with Crippen LogP contribution < -0.4 is 35.9 Å². The zero-order valence-electron chi connectivity index (χ0n) is 4.56. The van der Waals surface area contributed by atoms with Crippen molar-refractivity contribution in [3.63, 3.8) is 0 Å². The van der Waals surface area contributed by atoms with Crippen molar-refractivity contribution >= 4 is 0 Å². The zero-order chi connectivity index (χ0) is 4.12. The summed E-state index contributed by atoms with van der Waals surface area (Å²) in [5, 5.41) is 2.89. The van der Waals surface area contributed by atoms with E-state index < -0.39 is 0 Å². The SMILES string of the molecule is CNCCN.[Cl-].[Cl-].[Pt+2]. The van der Waals surface area contributed by atoms with Crippen LogP contribution in [0.5, 0.6) is 0 Å². The van der Waals surface area contributed by atoms with E-state index in [-0.39, 0.29) is 45.9 Å². The van der Waals surface area contributed by atoms with Gasteiger partial charge in [-0.2, -0.15) is 0 Å². The largest absolute Gasteiger partial charge is 2.00 e. The summed E-state index contributed by atoms with van der Waals surface area (Å²) in [7, 11) is 1.88. The Balaban J connectivity index is -0.0000000267. The maximum Gasteiger partial charge on any atom is 2.00 e. The Hall–Kier alpha value is 1.19. The minimum absolute atomic E-state index is 0. The van der Waals surface area contributed by atoms with E-state index in [4.69, 9.17) is 5.73 Å². The minimum atomic E-state index is 0. The predicted molar refractivity (Wildman–Crippen MR) is 23.0 cm³/mol. The van der Waals surface area contributed by atoms with E-state index in [9.17, 15) is 0 Å². The first kappa shape index (κ1) is 22.9. The summed E-state index contributed by atoms with van der Waals surface area (Å²) in [6, 6.07) is 0. The van der Waals surface area contributed by atoms with Crippen molar-refractivity contribution in [1.82, 2.24) is 5.32 Å². The monoisotopic (exact) mass is 339 g/mol. The number of nitrogens with one attached hydrogen (secondary N) is 1. The average Bonchev–Trinajstić information content (AvgIpc) is 1.41. The molecule has 0 fully saturated rings. The van der Waals surface area contributed by atoms with E-state index in [0.29, 0.717) is 0 Å². The number of nitrogens with two attached hydrogens (primary N) is 1. The molecule has 0 spiro atoms.